The van der Waals surface area contributed by atoms with E-state index in [0.29, 0.717) is 6.07 Å². The van der Waals surface area contributed by atoms with E-state index in [0.717, 1.165) is 6.07 Å². The van der Waals surface area contributed by atoms with Gasteiger partial charge in [-0.25, -0.2) is 4.79 Å². The summed E-state index contributed by atoms with van der Waals surface area (Å²) < 4.78 is 30.9. The van der Waals surface area contributed by atoms with Crippen LogP contribution in [0.1, 0.15) is 5.56 Å². The van der Waals surface area contributed by atoms with Crippen LogP contribution in [0.15, 0.2) is 16.6 Å². The zero-order chi connectivity index (χ0) is 12.5. The Morgan fingerprint density at radius 1 is 1.50 bits per heavy atom. The van der Waals surface area contributed by atoms with Crippen molar-refractivity contribution in [3.8, 4) is 11.5 Å². The number of methoxy groups -OCH3 is 1. The van der Waals surface area contributed by atoms with E-state index in [1.54, 1.807) is 0 Å². The van der Waals surface area contributed by atoms with Gasteiger partial charge in [-0.2, -0.15) is 8.78 Å². The van der Waals surface area contributed by atoms with Gasteiger partial charge in [-0.3, -0.25) is 0 Å². The summed E-state index contributed by atoms with van der Waals surface area (Å²) in [5.74, 6) is -6.96. The molecule has 0 amide bonds. The van der Waals surface area contributed by atoms with E-state index >= 15 is 0 Å². The number of phenolic OH excluding ortho intramolecular Hbond substituents is 1. The fourth-order valence-electron chi connectivity index (χ4n) is 1.06. The van der Waals surface area contributed by atoms with Crippen molar-refractivity contribution < 1.29 is 28.5 Å². The minimum atomic E-state index is -4.08. The average Bonchev–Trinajstić information content (AvgIpc) is 2.20. The quantitative estimate of drug-likeness (QED) is 0.898. The van der Waals surface area contributed by atoms with Gasteiger partial charge >= 0.3 is 11.9 Å². The molecular formula is C9H7BrF2O4. The number of hydrogen-bond acceptors (Lipinski definition) is 3. The monoisotopic (exact) mass is 296 g/mol. The van der Waals surface area contributed by atoms with Gasteiger partial charge in [0.1, 0.15) is 0 Å². The number of carboxylic acid groups (broad SMARTS) is 1. The molecule has 16 heavy (non-hydrogen) atoms. The molecule has 88 valence electrons. The van der Waals surface area contributed by atoms with Crippen LogP contribution in [-0.4, -0.2) is 23.3 Å². The highest BCUT2D eigenvalue weighted by Gasteiger charge is 2.43. The molecule has 0 aromatic heterocycles. The first-order valence-electron chi connectivity index (χ1n) is 3.99. The van der Waals surface area contributed by atoms with Crippen LogP contribution in [0.2, 0.25) is 0 Å². The molecule has 0 unspecified atom stereocenters. The fraction of sp³-hybridized carbons (Fsp3) is 0.222. The number of phenols is 1. The Morgan fingerprint density at radius 3 is 2.50 bits per heavy atom. The molecule has 0 spiro atoms. The van der Waals surface area contributed by atoms with E-state index in [1.807, 2.05) is 0 Å². The Hall–Kier alpha value is -1.37. The molecule has 1 aromatic rings. The molecule has 0 saturated carbocycles. The number of aromatic hydroxyl groups is 1. The average molecular weight is 297 g/mol. The molecule has 0 aliphatic heterocycles. The van der Waals surface area contributed by atoms with Crippen LogP contribution < -0.4 is 4.74 Å². The second-order valence-corrected chi connectivity index (χ2v) is 3.74. The smallest absolute Gasteiger partial charge is 0.379 e. The SMILES string of the molecule is COc1cc(Br)c(C(F)(F)C(=O)O)cc1O. The van der Waals surface area contributed by atoms with Crippen LogP contribution >= 0.6 is 15.9 Å². The lowest BCUT2D eigenvalue weighted by Crippen LogP contribution is -2.25. The predicted molar refractivity (Wildman–Crippen MR) is 53.9 cm³/mol. The van der Waals surface area contributed by atoms with Gasteiger partial charge in [-0.1, -0.05) is 15.9 Å². The van der Waals surface area contributed by atoms with Gasteiger partial charge in [0.25, 0.3) is 0 Å². The number of ether oxygens (including phenoxy) is 1. The lowest BCUT2D eigenvalue weighted by atomic mass is 10.1. The van der Waals surface area contributed by atoms with Gasteiger partial charge in [-0.15, -0.1) is 0 Å². The van der Waals surface area contributed by atoms with E-state index < -0.39 is 23.2 Å². The summed E-state index contributed by atoms with van der Waals surface area (Å²) in [5.41, 5.74) is -0.835. The largest absolute Gasteiger partial charge is 0.504 e. The van der Waals surface area contributed by atoms with Crippen molar-refractivity contribution in [2.45, 2.75) is 5.92 Å². The van der Waals surface area contributed by atoms with Crippen LogP contribution in [0.3, 0.4) is 0 Å². The molecule has 0 heterocycles. The van der Waals surface area contributed by atoms with E-state index in [1.165, 1.54) is 7.11 Å². The van der Waals surface area contributed by atoms with Crippen LogP contribution in [0.4, 0.5) is 8.78 Å². The lowest BCUT2D eigenvalue weighted by molar-refractivity contribution is -0.166. The molecule has 1 rings (SSSR count). The highest BCUT2D eigenvalue weighted by atomic mass is 79.9. The molecule has 0 aliphatic rings. The van der Waals surface area contributed by atoms with E-state index in [4.69, 9.17) is 5.11 Å². The third kappa shape index (κ3) is 2.08. The highest BCUT2D eigenvalue weighted by Crippen LogP contribution is 2.40. The summed E-state index contributed by atoms with van der Waals surface area (Å²) in [6, 6.07) is 1.72. The van der Waals surface area contributed by atoms with E-state index in [2.05, 4.69) is 20.7 Å². The minimum absolute atomic E-state index is 0.0307. The first-order valence-corrected chi connectivity index (χ1v) is 4.78. The minimum Gasteiger partial charge on any atom is -0.504 e. The Labute approximate surface area is 97.6 Å². The topological polar surface area (TPSA) is 66.8 Å². The van der Waals surface area contributed by atoms with Crippen molar-refractivity contribution in [3.05, 3.63) is 22.2 Å². The molecular weight excluding hydrogens is 290 g/mol. The zero-order valence-electron chi connectivity index (χ0n) is 8.00. The summed E-state index contributed by atoms with van der Waals surface area (Å²) in [6.07, 6.45) is 0. The first-order chi connectivity index (χ1) is 7.30. The summed E-state index contributed by atoms with van der Waals surface area (Å²) in [6.45, 7) is 0. The van der Waals surface area contributed by atoms with Gasteiger partial charge < -0.3 is 14.9 Å². The standard InChI is InChI=1S/C9H7BrF2O4/c1-16-7-3-5(10)4(2-6(7)13)9(11,12)8(14)15/h2-3,13H,1H3,(H,14,15). The van der Waals surface area contributed by atoms with Gasteiger partial charge in [0.2, 0.25) is 0 Å². The summed E-state index contributed by atoms with van der Waals surface area (Å²) in [5, 5.41) is 17.6. The summed E-state index contributed by atoms with van der Waals surface area (Å²) in [7, 11) is 1.25. The number of alkyl halides is 2. The number of carbonyl (C=O) groups is 1. The molecule has 0 saturated heterocycles. The van der Waals surface area contributed by atoms with Crippen molar-refractivity contribution in [1.82, 2.24) is 0 Å². The molecule has 0 aliphatic carbocycles. The summed E-state index contributed by atoms with van der Waals surface area (Å²) >= 11 is 2.79. The van der Waals surface area contributed by atoms with Crippen LogP contribution in [0.5, 0.6) is 11.5 Å². The third-order valence-electron chi connectivity index (χ3n) is 1.88. The number of halogens is 3. The van der Waals surface area contributed by atoms with Gasteiger partial charge in [-0.05, 0) is 12.1 Å². The molecule has 4 nitrogen and oxygen atoms in total. The maximum atomic E-state index is 13.2. The summed E-state index contributed by atoms with van der Waals surface area (Å²) in [4.78, 5) is 10.4. The van der Waals surface area contributed by atoms with Crippen molar-refractivity contribution in [1.29, 1.82) is 0 Å². The Bertz CT molecular complexity index is 434. The molecule has 2 N–H and O–H groups in total. The first kappa shape index (κ1) is 12.7. The van der Waals surface area contributed by atoms with Gasteiger partial charge in [0.15, 0.2) is 11.5 Å². The number of aliphatic carboxylic acids is 1. The molecule has 0 bridgehead atoms. The van der Waals surface area contributed by atoms with Crippen LogP contribution in [-0.2, 0) is 10.7 Å². The Kier molecular flexibility index (Phi) is 3.37. The van der Waals surface area contributed by atoms with Crippen molar-refractivity contribution in [3.63, 3.8) is 0 Å². The Balaban J connectivity index is 3.37. The van der Waals surface area contributed by atoms with Gasteiger partial charge in [0, 0.05) is 4.47 Å². The maximum absolute atomic E-state index is 13.2. The van der Waals surface area contributed by atoms with E-state index in [9.17, 15) is 18.7 Å². The molecule has 0 atom stereocenters. The molecule has 0 radical (unpaired) electrons. The predicted octanol–water partition coefficient (Wildman–Crippen LogP) is 2.34. The van der Waals surface area contributed by atoms with Crippen molar-refractivity contribution in [2.75, 3.05) is 7.11 Å². The second-order valence-electron chi connectivity index (χ2n) is 2.88. The maximum Gasteiger partial charge on any atom is 0.379 e. The second kappa shape index (κ2) is 4.25. The fourth-order valence-corrected chi connectivity index (χ4v) is 1.63. The van der Waals surface area contributed by atoms with E-state index in [-0.39, 0.29) is 10.2 Å². The number of hydrogen-bond donors (Lipinski definition) is 2. The third-order valence-corrected chi connectivity index (χ3v) is 2.53. The van der Waals surface area contributed by atoms with Crippen LogP contribution in [0, 0.1) is 0 Å². The normalized spacial score (nSPS) is 11.2. The molecule has 1 aromatic carbocycles. The van der Waals surface area contributed by atoms with Crippen molar-refractivity contribution >= 4 is 21.9 Å². The number of carboxylic acids is 1. The highest BCUT2D eigenvalue weighted by molar-refractivity contribution is 9.10. The van der Waals surface area contributed by atoms with Gasteiger partial charge in [0.05, 0.1) is 12.7 Å². The van der Waals surface area contributed by atoms with Crippen LogP contribution in [0.25, 0.3) is 0 Å². The molecule has 7 heteroatoms. The zero-order valence-corrected chi connectivity index (χ0v) is 9.59. The number of rotatable bonds is 3. The lowest BCUT2D eigenvalue weighted by Gasteiger charge is -2.15. The molecule has 0 fully saturated rings. The number of benzene rings is 1. The van der Waals surface area contributed by atoms with Crippen molar-refractivity contribution in [2.24, 2.45) is 0 Å². The Morgan fingerprint density at radius 2 is 2.06 bits per heavy atom.